The molecule has 2 nitrogen and oxygen atoms in total. The lowest BCUT2D eigenvalue weighted by Crippen LogP contribution is -1.90. The van der Waals surface area contributed by atoms with Crippen molar-refractivity contribution < 1.29 is 11.3 Å². The monoisotopic (exact) mass is 390 g/mol. The average molecular weight is 390 g/mol. The van der Waals surface area contributed by atoms with Crippen LogP contribution in [0.15, 0.2) is 102 Å². The molecule has 2 aromatic heterocycles. The number of rotatable bonds is 2. The first-order valence-corrected chi connectivity index (χ1v) is 9.74. The van der Waals surface area contributed by atoms with E-state index in [4.69, 9.17) is 11.3 Å². The topological polar surface area (TPSA) is 26.0 Å². The molecule has 0 amide bonds. The Balaban J connectivity index is 1.67. The van der Waals surface area contributed by atoms with Gasteiger partial charge in [-0.2, -0.15) is 0 Å². The molecule has 30 heavy (non-hydrogen) atoms. The second-order valence-electron chi connectivity index (χ2n) is 7.29. The number of nitrogens with zero attached hydrogens (tertiary/aromatic N) is 1. The fraction of sp³-hybridized carbons (Fsp3) is 0.0357. The Morgan fingerprint density at radius 3 is 2.43 bits per heavy atom. The summed E-state index contributed by atoms with van der Waals surface area (Å²) in [5.74, 6) is 0. The molecule has 4 aromatic carbocycles. The van der Waals surface area contributed by atoms with Crippen LogP contribution in [0.4, 0.5) is 0 Å². The van der Waals surface area contributed by atoms with Gasteiger partial charge in [0.1, 0.15) is 11.2 Å². The van der Waals surface area contributed by atoms with Crippen LogP contribution in [0.2, 0.25) is 0 Å². The molecule has 0 saturated carbocycles. The highest BCUT2D eigenvalue weighted by atomic mass is 16.3. The van der Waals surface area contributed by atoms with Crippen LogP contribution in [0.5, 0.6) is 0 Å². The lowest BCUT2D eigenvalue weighted by molar-refractivity contribution is 0.670. The summed E-state index contributed by atoms with van der Waals surface area (Å²) in [4.78, 5) is 4.44. The van der Waals surface area contributed by atoms with Gasteiger partial charge in [-0.1, -0.05) is 66.7 Å². The minimum absolute atomic E-state index is 0.120. The van der Waals surface area contributed by atoms with E-state index in [0.29, 0.717) is 22.3 Å². The highest BCUT2D eigenvalue weighted by Gasteiger charge is 2.14. The van der Waals surface area contributed by atoms with Crippen molar-refractivity contribution in [1.29, 1.82) is 0 Å². The summed E-state index contributed by atoms with van der Waals surface area (Å²) in [6, 6.07) is 26.2. The van der Waals surface area contributed by atoms with Crippen LogP contribution in [0.3, 0.4) is 0 Å². The molecule has 142 valence electrons. The highest BCUT2D eigenvalue weighted by molar-refractivity contribution is 6.13. The van der Waals surface area contributed by atoms with Gasteiger partial charge in [-0.25, -0.2) is 0 Å². The van der Waals surface area contributed by atoms with Gasteiger partial charge >= 0.3 is 0 Å². The first-order valence-electron chi connectivity index (χ1n) is 12.2. The van der Waals surface area contributed by atoms with E-state index in [1.807, 2.05) is 48.5 Å². The molecule has 2 heterocycles. The second kappa shape index (κ2) is 6.57. The van der Waals surface area contributed by atoms with E-state index in [1.54, 1.807) is 30.3 Å². The van der Waals surface area contributed by atoms with E-state index < -0.39 is 6.85 Å². The van der Waals surface area contributed by atoms with Crippen LogP contribution in [0.1, 0.15) is 12.4 Å². The Hall–Kier alpha value is -3.91. The summed E-state index contributed by atoms with van der Waals surface area (Å²) >= 11 is 0. The number of benzene rings is 4. The normalized spacial score (nSPS) is 14.3. The standard InChI is InChI=1S/C28H19NO/c1-18-14-26(29-17-25(18)19-8-3-2-4-9-19)23-13-7-12-22-24-15-20-10-5-6-11-21(20)16-27(24)30-28(22)23/h2-17H,1H3/i1D3,14D,17D. The predicted octanol–water partition coefficient (Wildman–Crippen LogP) is 7.78. The fourth-order valence-electron chi connectivity index (χ4n) is 3.99. The van der Waals surface area contributed by atoms with Crippen molar-refractivity contribution in [3.05, 3.63) is 103 Å². The first kappa shape index (κ1) is 12.6. The largest absolute Gasteiger partial charge is 0.455 e. The molecule has 0 bridgehead atoms. The zero-order valence-electron chi connectivity index (χ0n) is 20.9. The van der Waals surface area contributed by atoms with Crippen molar-refractivity contribution in [2.45, 2.75) is 6.85 Å². The predicted molar refractivity (Wildman–Crippen MR) is 125 cm³/mol. The maximum atomic E-state index is 8.91. The van der Waals surface area contributed by atoms with E-state index in [-0.39, 0.29) is 29.0 Å². The van der Waals surface area contributed by atoms with Crippen LogP contribution in [-0.2, 0) is 0 Å². The molecule has 0 unspecified atom stereocenters. The Kier molecular flexibility index (Phi) is 2.76. The molecule has 6 rings (SSSR count). The van der Waals surface area contributed by atoms with Crippen LogP contribution in [0.25, 0.3) is 55.1 Å². The van der Waals surface area contributed by atoms with Crippen LogP contribution in [0, 0.1) is 6.85 Å². The maximum Gasteiger partial charge on any atom is 0.144 e. The molecule has 0 saturated heterocycles. The van der Waals surface area contributed by atoms with Crippen molar-refractivity contribution >= 4 is 32.7 Å². The molecule has 0 aliphatic rings. The van der Waals surface area contributed by atoms with Gasteiger partial charge in [0.25, 0.3) is 0 Å². The van der Waals surface area contributed by atoms with E-state index in [2.05, 4.69) is 11.1 Å². The molecule has 0 atom stereocenters. The van der Waals surface area contributed by atoms with E-state index in [9.17, 15) is 0 Å². The van der Waals surface area contributed by atoms with Crippen molar-refractivity contribution in [2.24, 2.45) is 0 Å². The Morgan fingerprint density at radius 2 is 1.60 bits per heavy atom. The van der Waals surface area contributed by atoms with Gasteiger partial charge in [0.2, 0.25) is 0 Å². The van der Waals surface area contributed by atoms with Crippen LogP contribution < -0.4 is 0 Å². The van der Waals surface area contributed by atoms with E-state index >= 15 is 0 Å². The Bertz CT molecular complexity index is 1750. The molecule has 0 spiro atoms. The summed E-state index contributed by atoms with van der Waals surface area (Å²) in [6.45, 7) is -2.60. The summed E-state index contributed by atoms with van der Waals surface area (Å²) in [5.41, 5.74) is 2.34. The fourth-order valence-corrected chi connectivity index (χ4v) is 3.99. The van der Waals surface area contributed by atoms with Crippen LogP contribution >= 0.6 is 0 Å². The molecule has 0 fully saturated rings. The number of fused-ring (bicyclic) bond motifs is 4. The zero-order chi connectivity index (χ0) is 24.3. The number of aromatic nitrogens is 1. The second-order valence-corrected chi connectivity index (χ2v) is 7.29. The molecule has 2 heteroatoms. The summed E-state index contributed by atoms with van der Waals surface area (Å²) in [6.07, 6.45) is -0.188. The first-order chi connectivity index (χ1) is 16.8. The van der Waals surface area contributed by atoms with Gasteiger partial charge in [0.05, 0.1) is 8.44 Å². The van der Waals surface area contributed by atoms with Crippen molar-refractivity contribution in [1.82, 2.24) is 4.98 Å². The third kappa shape index (κ3) is 2.61. The van der Waals surface area contributed by atoms with Gasteiger partial charge in [-0.05, 0) is 53.0 Å². The summed E-state index contributed by atoms with van der Waals surface area (Å²) in [7, 11) is 0. The molecule has 0 aliphatic carbocycles. The highest BCUT2D eigenvalue weighted by Crippen LogP contribution is 2.37. The quantitative estimate of drug-likeness (QED) is 0.302. The Labute approximate surface area is 181 Å². The van der Waals surface area contributed by atoms with Gasteiger partial charge in [0.15, 0.2) is 0 Å². The number of furan rings is 1. The lowest BCUT2D eigenvalue weighted by Gasteiger charge is -2.08. The van der Waals surface area contributed by atoms with E-state index in [1.165, 1.54) is 0 Å². The van der Waals surface area contributed by atoms with Gasteiger partial charge in [-0.15, -0.1) is 0 Å². The van der Waals surface area contributed by atoms with Crippen molar-refractivity contribution in [2.75, 3.05) is 0 Å². The SMILES string of the molecule is [2H]c1nc(-c2cccc3c2oc2cc4ccccc4cc23)c([2H])c(C([2H])([2H])[2H])c1-c1ccccc1. The number of hydrogen-bond acceptors (Lipinski definition) is 2. The third-order valence-electron chi connectivity index (χ3n) is 5.46. The van der Waals surface area contributed by atoms with Gasteiger partial charge < -0.3 is 4.42 Å². The molecule has 0 aliphatic heterocycles. The zero-order valence-corrected chi connectivity index (χ0v) is 15.9. The van der Waals surface area contributed by atoms with Crippen LogP contribution in [-0.4, -0.2) is 4.98 Å². The van der Waals surface area contributed by atoms with Gasteiger partial charge in [-0.3, -0.25) is 4.98 Å². The lowest BCUT2D eigenvalue weighted by atomic mass is 9.99. The molecule has 0 radical (unpaired) electrons. The minimum atomic E-state index is -2.60. The average Bonchev–Trinajstić information content (AvgIpc) is 3.21. The van der Waals surface area contributed by atoms with Crippen molar-refractivity contribution in [3.63, 3.8) is 0 Å². The maximum absolute atomic E-state index is 8.91. The third-order valence-corrected chi connectivity index (χ3v) is 5.46. The Morgan fingerprint density at radius 1 is 0.800 bits per heavy atom. The van der Waals surface area contributed by atoms with Gasteiger partial charge in [0, 0.05) is 32.2 Å². The number of pyridine rings is 1. The summed E-state index contributed by atoms with van der Waals surface area (Å²) in [5, 5.41) is 3.90. The molecular weight excluding hydrogens is 366 g/mol. The number of hydrogen-bond donors (Lipinski definition) is 0. The smallest absolute Gasteiger partial charge is 0.144 e. The molecular formula is C28H19NO. The number of para-hydroxylation sites is 1. The summed E-state index contributed by atoms with van der Waals surface area (Å²) < 4.78 is 48.3. The minimum Gasteiger partial charge on any atom is -0.455 e. The van der Waals surface area contributed by atoms with E-state index in [0.717, 1.165) is 21.5 Å². The molecule has 0 N–H and O–H groups in total. The molecule has 6 aromatic rings. The van der Waals surface area contributed by atoms with Crippen molar-refractivity contribution in [3.8, 4) is 22.4 Å².